The molecule has 0 bridgehead atoms. The Hall–Kier alpha value is -0.990. The third-order valence-electron chi connectivity index (χ3n) is 2.14. The van der Waals surface area contributed by atoms with Crippen molar-refractivity contribution in [1.82, 2.24) is 9.55 Å². The summed E-state index contributed by atoms with van der Waals surface area (Å²) in [6, 6.07) is 0. The lowest BCUT2D eigenvalue weighted by atomic mass is 9.90. The fourth-order valence-electron chi connectivity index (χ4n) is 1.33. The second-order valence-electron chi connectivity index (χ2n) is 4.79. The van der Waals surface area contributed by atoms with Crippen molar-refractivity contribution in [2.24, 2.45) is 12.5 Å². The number of nitrogens with zero attached hydrogens (tertiary/aromatic N) is 2. The van der Waals surface area contributed by atoms with E-state index in [4.69, 9.17) is 5.73 Å². The van der Waals surface area contributed by atoms with E-state index in [0.717, 1.165) is 23.8 Å². The highest BCUT2D eigenvalue weighted by atomic mass is 15.1. The number of nitrogen functional groups attached to an aromatic ring is 1. The number of imidazole rings is 1. The van der Waals surface area contributed by atoms with Crippen LogP contribution in [-0.4, -0.2) is 9.55 Å². The van der Waals surface area contributed by atoms with Crippen molar-refractivity contribution in [2.45, 2.75) is 34.1 Å². The second kappa shape index (κ2) is 3.05. The molecule has 0 aliphatic rings. The summed E-state index contributed by atoms with van der Waals surface area (Å²) in [6.07, 6.45) is 0.931. The van der Waals surface area contributed by atoms with Gasteiger partial charge in [-0.15, -0.1) is 0 Å². The Morgan fingerprint density at radius 2 is 1.92 bits per heavy atom. The monoisotopic (exact) mass is 181 g/mol. The Bertz CT molecular complexity index is 305. The first kappa shape index (κ1) is 10.1. The molecule has 0 saturated heterocycles. The van der Waals surface area contributed by atoms with Gasteiger partial charge in [-0.05, 0) is 18.8 Å². The lowest BCUT2D eigenvalue weighted by Gasteiger charge is -2.16. The van der Waals surface area contributed by atoms with Crippen molar-refractivity contribution < 1.29 is 0 Å². The first-order valence-corrected chi connectivity index (χ1v) is 4.59. The number of rotatable bonds is 1. The Morgan fingerprint density at radius 1 is 1.38 bits per heavy atom. The third kappa shape index (κ3) is 2.23. The zero-order chi connectivity index (χ0) is 10.2. The van der Waals surface area contributed by atoms with Crippen molar-refractivity contribution in [1.29, 1.82) is 0 Å². The van der Waals surface area contributed by atoms with Gasteiger partial charge in [-0.25, -0.2) is 4.98 Å². The SMILES string of the molecule is Cc1nc(CC(C)(C)C)c(N)n1C. The number of nitrogens with two attached hydrogens (primary N) is 1. The van der Waals surface area contributed by atoms with E-state index >= 15 is 0 Å². The molecule has 0 aliphatic carbocycles. The zero-order valence-electron chi connectivity index (χ0n) is 9.18. The molecule has 0 radical (unpaired) electrons. The molecular weight excluding hydrogens is 162 g/mol. The second-order valence-corrected chi connectivity index (χ2v) is 4.79. The molecule has 3 nitrogen and oxygen atoms in total. The van der Waals surface area contributed by atoms with Gasteiger partial charge in [-0.2, -0.15) is 0 Å². The zero-order valence-corrected chi connectivity index (χ0v) is 9.18. The van der Waals surface area contributed by atoms with Gasteiger partial charge in [0.15, 0.2) is 0 Å². The molecule has 0 spiro atoms. The van der Waals surface area contributed by atoms with Crippen LogP contribution in [0.3, 0.4) is 0 Å². The predicted octanol–water partition coefficient (Wildman–Crippen LogP) is 1.90. The summed E-state index contributed by atoms with van der Waals surface area (Å²) >= 11 is 0. The Kier molecular flexibility index (Phi) is 2.37. The molecule has 2 N–H and O–H groups in total. The first-order valence-electron chi connectivity index (χ1n) is 4.59. The molecule has 0 saturated carbocycles. The minimum Gasteiger partial charge on any atom is -0.384 e. The first-order chi connectivity index (χ1) is 5.81. The Balaban J connectivity index is 2.97. The molecule has 0 atom stereocenters. The number of aryl methyl sites for hydroxylation is 1. The van der Waals surface area contributed by atoms with Gasteiger partial charge in [0.25, 0.3) is 0 Å². The summed E-state index contributed by atoms with van der Waals surface area (Å²) in [6.45, 7) is 8.55. The van der Waals surface area contributed by atoms with Gasteiger partial charge in [0.2, 0.25) is 0 Å². The van der Waals surface area contributed by atoms with E-state index in [9.17, 15) is 0 Å². The van der Waals surface area contributed by atoms with E-state index in [0.29, 0.717) is 0 Å². The maximum atomic E-state index is 5.91. The summed E-state index contributed by atoms with van der Waals surface area (Å²) in [5.41, 5.74) is 7.18. The van der Waals surface area contributed by atoms with Crippen LogP contribution in [0.2, 0.25) is 0 Å². The maximum absolute atomic E-state index is 5.91. The Labute approximate surface area is 80.0 Å². The van der Waals surface area contributed by atoms with Crippen LogP contribution in [0.15, 0.2) is 0 Å². The molecular formula is C10H19N3. The average molecular weight is 181 g/mol. The molecule has 0 aromatic carbocycles. The highest BCUT2D eigenvalue weighted by Gasteiger charge is 2.17. The molecule has 1 aromatic rings. The van der Waals surface area contributed by atoms with E-state index in [1.54, 1.807) is 0 Å². The quantitative estimate of drug-likeness (QED) is 0.719. The van der Waals surface area contributed by atoms with Crippen molar-refractivity contribution in [2.75, 3.05) is 5.73 Å². The number of hydrogen-bond donors (Lipinski definition) is 1. The van der Waals surface area contributed by atoms with Crippen LogP contribution in [0.5, 0.6) is 0 Å². The van der Waals surface area contributed by atoms with Gasteiger partial charge in [-0.3, -0.25) is 0 Å². The van der Waals surface area contributed by atoms with Gasteiger partial charge in [-0.1, -0.05) is 20.8 Å². The van der Waals surface area contributed by atoms with E-state index in [2.05, 4.69) is 25.8 Å². The van der Waals surface area contributed by atoms with Gasteiger partial charge in [0.05, 0.1) is 5.69 Å². The van der Waals surface area contributed by atoms with Gasteiger partial charge >= 0.3 is 0 Å². The van der Waals surface area contributed by atoms with Crippen LogP contribution in [0.4, 0.5) is 5.82 Å². The summed E-state index contributed by atoms with van der Waals surface area (Å²) in [5, 5.41) is 0. The summed E-state index contributed by atoms with van der Waals surface area (Å²) < 4.78 is 1.93. The molecule has 0 fully saturated rings. The molecule has 1 rings (SSSR count). The number of anilines is 1. The summed E-state index contributed by atoms with van der Waals surface area (Å²) in [5.74, 6) is 1.78. The molecule has 13 heavy (non-hydrogen) atoms. The smallest absolute Gasteiger partial charge is 0.126 e. The largest absolute Gasteiger partial charge is 0.384 e. The molecule has 0 unspecified atom stereocenters. The third-order valence-corrected chi connectivity index (χ3v) is 2.14. The van der Waals surface area contributed by atoms with Crippen LogP contribution in [-0.2, 0) is 13.5 Å². The summed E-state index contributed by atoms with van der Waals surface area (Å²) in [4.78, 5) is 4.43. The molecule has 1 aromatic heterocycles. The molecule has 74 valence electrons. The minimum atomic E-state index is 0.245. The topological polar surface area (TPSA) is 43.8 Å². The van der Waals surface area contributed by atoms with Crippen LogP contribution in [0.1, 0.15) is 32.3 Å². The molecule has 0 amide bonds. The van der Waals surface area contributed by atoms with Crippen LogP contribution >= 0.6 is 0 Å². The molecule has 0 aliphatic heterocycles. The number of aromatic nitrogens is 2. The lowest BCUT2D eigenvalue weighted by molar-refractivity contribution is 0.407. The van der Waals surface area contributed by atoms with E-state index < -0.39 is 0 Å². The van der Waals surface area contributed by atoms with Crippen LogP contribution in [0, 0.1) is 12.3 Å². The Morgan fingerprint density at radius 3 is 2.23 bits per heavy atom. The minimum absolute atomic E-state index is 0.245. The average Bonchev–Trinajstić information content (AvgIpc) is 2.15. The lowest BCUT2D eigenvalue weighted by Crippen LogP contribution is -2.11. The number of hydrogen-bond acceptors (Lipinski definition) is 2. The predicted molar refractivity (Wildman–Crippen MR) is 55.5 cm³/mol. The van der Waals surface area contributed by atoms with Crippen molar-refractivity contribution in [3.05, 3.63) is 11.5 Å². The van der Waals surface area contributed by atoms with Crippen LogP contribution in [0.25, 0.3) is 0 Å². The normalized spacial score (nSPS) is 12.1. The van der Waals surface area contributed by atoms with Crippen molar-refractivity contribution in [3.8, 4) is 0 Å². The van der Waals surface area contributed by atoms with Crippen LogP contribution < -0.4 is 5.73 Å². The molecule has 3 heteroatoms. The fraction of sp³-hybridized carbons (Fsp3) is 0.700. The van der Waals surface area contributed by atoms with Gasteiger partial charge in [0, 0.05) is 7.05 Å². The van der Waals surface area contributed by atoms with Crippen molar-refractivity contribution >= 4 is 5.82 Å². The highest BCUT2D eigenvalue weighted by Crippen LogP contribution is 2.23. The van der Waals surface area contributed by atoms with E-state index in [1.165, 1.54) is 0 Å². The van der Waals surface area contributed by atoms with Gasteiger partial charge < -0.3 is 10.3 Å². The van der Waals surface area contributed by atoms with Gasteiger partial charge in [0.1, 0.15) is 11.6 Å². The molecule has 1 heterocycles. The standard InChI is InChI=1S/C10H19N3/c1-7-12-8(6-10(2,3)4)9(11)13(7)5/h6,11H2,1-5H3. The van der Waals surface area contributed by atoms with Crippen molar-refractivity contribution in [3.63, 3.8) is 0 Å². The summed E-state index contributed by atoms with van der Waals surface area (Å²) in [7, 11) is 1.95. The fourth-order valence-corrected chi connectivity index (χ4v) is 1.33. The highest BCUT2D eigenvalue weighted by molar-refractivity contribution is 5.38. The maximum Gasteiger partial charge on any atom is 0.126 e. The van der Waals surface area contributed by atoms with E-state index in [1.807, 2.05) is 18.5 Å². The van der Waals surface area contributed by atoms with E-state index in [-0.39, 0.29) is 5.41 Å².